The number of fused-ring (bicyclic) bond motifs is 2. The zero-order valence-electron chi connectivity index (χ0n) is 65.0. The Labute approximate surface area is 756 Å². The van der Waals surface area contributed by atoms with Gasteiger partial charge in [-0.1, -0.05) is 120 Å². The number of nitrogens with one attached hydrogen (secondary N) is 1. The number of aromatic nitrogens is 11. The number of carboxylic acids is 3. The molecule has 15 aromatic rings. The Kier molecular flexibility index (Phi) is 46.6. The predicted octanol–water partition coefficient (Wildman–Crippen LogP) is 19.1. The molecular formula is C88H76F6Ir5N12O7S-6. The average molecular weight is 2520 g/mol. The first-order chi connectivity index (χ1) is 54.5. The third-order valence-electron chi connectivity index (χ3n) is 15.4. The van der Waals surface area contributed by atoms with Crippen LogP contribution in [-0.2, 0) is 128 Å². The summed E-state index contributed by atoms with van der Waals surface area (Å²) in [4.78, 5) is 52.8. The number of allylic oxidation sites excluding steroid dienone is 3. The Hall–Kier alpha value is -10.6. The van der Waals surface area contributed by atoms with Crippen molar-refractivity contribution in [2.45, 2.75) is 48.1 Å². The van der Waals surface area contributed by atoms with Crippen LogP contribution in [0.25, 0.3) is 76.5 Å². The second kappa shape index (κ2) is 53.0. The van der Waals surface area contributed by atoms with Gasteiger partial charge in [-0.3, -0.25) is 47.0 Å². The largest absolute Gasteiger partial charge is 0.531 e. The van der Waals surface area contributed by atoms with Gasteiger partial charge in [0.15, 0.2) is 17.1 Å². The molecule has 0 aliphatic rings. The number of hydrogen-bond donors (Lipinski definition) is 5. The van der Waals surface area contributed by atoms with Gasteiger partial charge in [0.1, 0.15) is 0 Å². The molecule has 31 heteroatoms. The maximum absolute atomic E-state index is 13.5. The van der Waals surface area contributed by atoms with Gasteiger partial charge in [0.2, 0.25) is 0 Å². The molecule has 119 heavy (non-hydrogen) atoms. The van der Waals surface area contributed by atoms with E-state index in [0.717, 1.165) is 86.4 Å². The van der Waals surface area contributed by atoms with Crippen LogP contribution >= 0.6 is 11.3 Å². The van der Waals surface area contributed by atoms with E-state index >= 15 is 0 Å². The first-order valence-corrected chi connectivity index (χ1v) is 35.2. The Morgan fingerprint density at radius 1 is 0.479 bits per heavy atom. The van der Waals surface area contributed by atoms with Gasteiger partial charge in [-0.15, -0.1) is 95.9 Å². The Balaban J connectivity index is 0.000000456. The topological polar surface area (TPSA) is 262 Å². The van der Waals surface area contributed by atoms with E-state index in [1.165, 1.54) is 59.2 Å². The maximum atomic E-state index is 13.5. The van der Waals surface area contributed by atoms with Crippen molar-refractivity contribution in [3.63, 3.8) is 0 Å². The number of benzene rings is 6. The summed E-state index contributed by atoms with van der Waals surface area (Å²) >= 11 is 1.73. The first kappa shape index (κ1) is 104. The van der Waals surface area contributed by atoms with Crippen LogP contribution in [0.2, 0.25) is 0 Å². The molecule has 19 nitrogen and oxygen atoms in total. The molecule has 5 radical (unpaired) electrons. The summed E-state index contributed by atoms with van der Waals surface area (Å²) in [5.74, 6) is -6.56. The number of aromatic carboxylic acids is 3. The van der Waals surface area contributed by atoms with E-state index in [4.69, 9.17) is 27.0 Å². The number of thiophene rings is 1. The minimum absolute atomic E-state index is 0. The van der Waals surface area contributed by atoms with Gasteiger partial charge in [-0.05, 0) is 139 Å². The van der Waals surface area contributed by atoms with Gasteiger partial charge >= 0.3 is 17.9 Å². The molecule has 0 atom stereocenters. The SMILES string of the molecule is CNCc1ccnc(-c2[c-]cc(F)cc2F)c1.Cc1cc(C(=O)O)nn1C.Cc1cc(C(=O)O)nn1C.Cc1cc(C(=O)O)nn1C.Cc1ccnc(-c2[c-]cc(F)cc2F)c1.Fc1c[c-]c(-c2ccccn2)c(F)c1.[CH-]=C(C)C=C(C)O.[Ir].[Ir].[Ir].[Ir].[Ir].[c-]1c(-c2ccccn2)sc2ccccc12.[c-]1ccccc1-c1nccc2ccccc12. The molecule has 0 spiro atoms. The summed E-state index contributed by atoms with van der Waals surface area (Å²) in [6, 6.07) is 69.2. The number of hydrogen-bond acceptors (Lipinski definition) is 14. The van der Waals surface area contributed by atoms with Crippen molar-refractivity contribution in [2.75, 3.05) is 7.05 Å². The van der Waals surface area contributed by atoms with Crippen molar-refractivity contribution in [1.29, 1.82) is 0 Å². The third kappa shape index (κ3) is 34.0. The fourth-order valence-electron chi connectivity index (χ4n) is 9.76. The summed E-state index contributed by atoms with van der Waals surface area (Å²) in [7, 11) is 6.95. The molecule has 0 amide bonds. The zero-order chi connectivity index (χ0) is 83.0. The van der Waals surface area contributed by atoms with Crippen LogP contribution in [0.1, 0.15) is 73.5 Å². The number of carboxylic acid groups (broad SMARTS) is 3. The minimum atomic E-state index is -0.983. The number of carbonyl (C=O) groups is 3. The van der Waals surface area contributed by atoms with Gasteiger partial charge < -0.3 is 50.7 Å². The van der Waals surface area contributed by atoms with E-state index in [1.54, 1.807) is 116 Å². The molecular weight excluding hydrogens is 2440 g/mol. The molecule has 9 aromatic heterocycles. The predicted molar refractivity (Wildman–Crippen MR) is 427 cm³/mol. The van der Waals surface area contributed by atoms with Crippen molar-refractivity contribution < 1.29 is 162 Å². The number of halogens is 6. The number of pyridine rings is 5. The van der Waals surface area contributed by atoms with Crippen LogP contribution in [0, 0.1) is 99.5 Å². The van der Waals surface area contributed by atoms with Crippen molar-refractivity contribution in [2.24, 2.45) is 21.1 Å². The van der Waals surface area contributed by atoms with E-state index in [1.807, 2.05) is 105 Å². The van der Waals surface area contributed by atoms with Crippen molar-refractivity contribution in [3.05, 3.63) is 360 Å². The summed E-state index contributed by atoms with van der Waals surface area (Å²) in [6.07, 6.45) is 9.89. The molecule has 0 aliphatic carbocycles. The number of aliphatic hydroxyl groups excluding tert-OH is 1. The minimum Gasteiger partial charge on any atom is -0.531 e. The van der Waals surface area contributed by atoms with Crippen molar-refractivity contribution in [3.8, 4) is 55.6 Å². The third-order valence-corrected chi connectivity index (χ3v) is 16.5. The molecule has 0 fully saturated rings. The van der Waals surface area contributed by atoms with E-state index in [2.05, 4.69) is 106 Å². The van der Waals surface area contributed by atoms with Crippen molar-refractivity contribution in [1.82, 2.24) is 59.6 Å². The van der Waals surface area contributed by atoms with Crippen LogP contribution in [0.15, 0.2) is 243 Å². The van der Waals surface area contributed by atoms with Gasteiger partial charge in [0, 0.05) is 223 Å². The van der Waals surface area contributed by atoms with E-state index in [9.17, 15) is 40.7 Å². The molecule has 0 saturated carbocycles. The summed E-state index contributed by atoms with van der Waals surface area (Å²) in [5.41, 5.74) is 10.4. The quantitative estimate of drug-likeness (QED) is 0.0349. The van der Waals surface area contributed by atoms with Crippen molar-refractivity contribution >= 4 is 50.1 Å². The molecule has 0 saturated heterocycles. The fraction of sp³-hybridized carbons (Fsp3) is 0.125. The molecule has 5 N–H and O–H groups in total. The molecule has 629 valence electrons. The van der Waals surface area contributed by atoms with Gasteiger partial charge in [-0.2, -0.15) is 21.4 Å². The molecule has 0 bridgehead atoms. The van der Waals surface area contributed by atoms with Crippen LogP contribution in [0.4, 0.5) is 26.3 Å². The van der Waals surface area contributed by atoms with Crippen LogP contribution in [0.5, 0.6) is 0 Å². The first-order valence-electron chi connectivity index (χ1n) is 34.3. The van der Waals surface area contributed by atoms with Gasteiger partial charge in [0.25, 0.3) is 0 Å². The van der Waals surface area contributed by atoms with E-state index in [-0.39, 0.29) is 140 Å². The monoisotopic (exact) mass is 2520 g/mol. The summed E-state index contributed by atoms with van der Waals surface area (Å²) in [5, 5.41) is 51.6. The second-order valence-electron chi connectivity index (χ2n) is 24.4. The molecule has 6 aromatic carbocycles. The normalized spacial score (nSPS) is 9.90. The van der Waals surface area contributed by atoms with Crippen LogP contribution in [0.3, 0.4) is 0 Å². The standard InChI is InChI=1S/C15H10N.C13H11F2N2.C13H8NS.C12H8F2N.C11H6F2N.3C6H8N2O2.C6H9O.5Ir/c1-2-7-13(8-3-1)15-14-9-5-4-6-12(14)10-11-16-15;1-16-8-9-4-5-17-13(6-9)11-3-2-10(14)7-12(11)15;1-2-7-12-10(5-1)9-13(15-12)11-6-3-4-8-14-11;1-8-4-5-15-12(6-8)10-3-2-9(13)7-11(10)14;12-8-4-5-9(10(13)7-8)11-3-1-2-6-14-11;3*1-4-3-5(6(9)10)7-8(4)2;1-5(2)4-6(3)7;;;;;/h1-7,9-11H;2,4-7,16H,8H2,1H3;1-8H;2,4-7H,1H3;1-4,6-7H;3*3H,1-2H3,(H,9,10);1,4,7H,2-3H3;;;;;/q5*-1;;;;-1;;;;;. The van der Waals surface area contributed by atoms with E-state index < -0.39 is 52.8 Å². The average Bonchev–Trinajstić information content (AvgIpc) is 1.27. The second-order valence-corrected chi connectivity index (χ2v) is 25.4. The Bertz CT molecular complexity index is 5520. The van der Waals surface area contributed by atoms with Crippen LogP contribution in [-0.4, -0.2) is 99.6 Å². The van der Waals surface area contributed by atoms with Gasteiger partial charge in [0.05, 0.1) is 0 Å². The number of nitrogens with zero attached hydrogens (tertiary/aromatic N) is 11. The fourth-order valence-corrected chi connectivity index (χ4v) is 10.7. The Morgan fingerprint density at radius 3 is 1.30 bits per heavy atom. The van der Waals surface area contributed by atoms with Gasteiger partial charge in [-0.25, -0.2) is 31.3 Å². The van der Waals surface area contributed by atoms with Crippen LogP contribution < -0.4 is 5.32 Å². The summed E-state index contributed by atoms with van der Waals surface area (Å²) < 4.78 is 83.9. The molecule has 15 rings (SSSR count). The number of aryl methyl sites for hydroxylation is 7. The number of rotatable bonds is 11. The number of aliphatic hydroxyl groups is 1. The summed E-state index contributed by atoms with van der Waals surface area (Å²) in [6.45, 7) is 16.4. The molecule has 0 aliphatic heterocycles. The maximum Gasteiger partial charge on any atom is 0.356 e. The smallest absolute Gasteiger partial charge is 0.356 e. The Morgan fingerprint density at radius 2 is 0.908 bits per heavy atom. The zero-order valence-corrected chi connectivity index (χ0v) is 77.8. The van der Waals surface area contributed by atoms with E-state index in [0.29, 0.717) is 29.2 Å². The molecule has 9 heterocycles. The molecule has 0 unspecified atom stereocenters.